The van der Waals surface area contributed by atoms with Crippen LogP contribution in [0.4, 0.5) is 0 Å². The van der Waals surface area contributed by atoms with Crippen molar-refractivity contribution in [1.82, 2.24) is 4.90 Å². The smallest absolute Gasteiger partial charge is 0.371 e. The lowest BCUT2D eigenvalue weighted by Gasteiger charge is -2.15. The number of aliphatic hydroxyl groups excluding tert-OH is 1. The van der Waals surface area contributed by atoms with Gasteiger partial charge >= 0.3 is 5.97 Å². The molecule has 112 valence electrons. The van der Waals surface area contributed by atoms with Crippen LogP contribution in [-0.2, 0) is 6.54 Å². The Morgan fingerprint density at radius 1 is 1.38 bits per heavy atom. The average molecular weight is 289 g/mol. The Labute approximate surface area is 122 Å². The fraction of sp³-hybridized carbons (Fsp3) is 0.438. The molecule has 1 fully saturated rings. The van der Waals surface area contributed by atoms with E-state index >= 15 is 0 Å². The van der Waals surface area contributed by atoms with Crippen molar-refractivity contribution in [2.24, 2.45) is 5.92 Å². The number of nitrogens with zero attached hydrogens (tertiary/aromatic N) is 1. The number of aromatic carboxylic acids is 1. The van der Waals surface area contributed by atoms with Crippen molar-refractivity contribution >= 4 is 16.9 Å². The number of aliphatic hydroxyl groups is 1. The molecule has 2 N–H and O–H groups in total. The van der Waals surface area contributed by atoms with Crippen LogP contribution in [0, 0.1) is 5.92 Å². The Bertz CT molecular complexity index is 649. The lowest BCUT2D eigenvalue weighted by atomic mass is 10.1. The van der Waals surface area contributed by atoms with Gasteiger partial charge in [0.15, 0.2) is 0 Å². The second-order valence-corrected chi connectivity index (χ2v) is 5.69. The van der Waals surface area contributed by atoms with E-state index in [0.29, 0.717) is 11.5 Å². The van der Waals surface area contributed by atoms with E-state index in [0.717, 1.165) is 43.4 Å². The van der Waals surface area contributed by atoms with Gasteiger partial charge in [-0.25, -0.2) is 4.79 Å². The fourth-order valence-corrected chi connectivity index (χ4v) is 3.03. The number of rotatable bonds is 5. The van der Waals surface area contributed by atoms with Crippen LogP contribution < -0.4 is 0 Å². The molecule has 21 heavy (non-hydrogen) atoms. The molecular formula is C16H19NO4. The SMILES string of the molecule is O=C(O)c1cc2cc(CN3CCC(CCO)C3)ccc2o1. The highest BCUT2D eigenvalue weighted by atomic mass is 16.4. The molecule has 1 aliphatic heterocycles. The summed E-state index contributed by atoms with van der Waals surface area (Å²) in [5, 5.41) is 18.8. The van der Waals surface area contributed by atoms with Crippen LogP contribution in [0.5, 0.6) is 0 Å². The number of likely N-dealkylation sites (tertiary alicyclic amines) is 1. The van der Waals surface area contributed by atoms with Crippen LogP contribution in [-0.4, -0.2) is 40.8 Å². The highest BCUT2D eigenvalue weighted by molar-refractivity contribution is 5.91. The molecule has 0 saturated carbocycles. The summed E-state index contributed by atoms with van der Waals surface area (Å²) in [6.07, 6.45) is 2.01. The summed E-state index contributed by atoms with van der Waals surface area (Å²) in [5.41, 5.74) is 1.76. The average Bonchev–Trinajstić information content (AvgIpc) is 3.05. The highest BCUT2D eigenvalue weighted by Gasteiger charge is 2.22. The van der Waals surface area contributed by atoms with Gasteiger partial charge in [-0.1, -0.05) is 6.07 Å². The number of hydrogen-bond donors (Lipinski definition) is 2. The maximum absolute atomic E-state index is 10.9. The van der Waals surface area contributed by atoms with Crippen LogP contribution in [0.15, 0.2) is 28.7 Å². The molecule has 2 heterocycles. The normalized spacial score (nSPS) is 19.4. The quantitative estimate of drug-likeness (QED) is 0.883. The first-order chi connectivity index (χ1) is 10.2. The summed E-state index contributed by atoms with van der Waals surface area (Å²) < 4.78 is 5.26. The third-order valence-electron chi connectivity index (χ3n) is 4.10. The van der Waals surface area contributed by atoms with E-state index < -0.39 is 5.97 Å². The standard InChI is InChI=1S/C16H19NO4/c18-6-4-11-3-5-17(9-11)10-12-1-2-14-13(7-12)8-15(21-14)16(19)20/h1-2,7-8,11,18H,3-6,9-10H2,(H,19,20). The molecule has 0 bridgehead atoms. The molecular weight excluding hydrogens is 270 g/mol. The molecule has 0 aliphatic carbocycles. The number of furan rings is 1. The predicted octanol–water partition coefficient (Wildman–Crippen LogP) is 2.34. The van der Waals surface area contributed by atoms with Crippen molar-refractivity contribution in [3.63, 3.8) is 0 Å². The van der Waals surface area contributed by atoms with E-state index in [2.05, 4.69) is 4.90 Å². The van der Waals surface area contributed by atoms with Gasteiger partial charge in [-0.3, -0.25) is 4.90 Å². The first kappa shape index (κ1) is 14.1. The predicted molar refractivity (Wildman–Crippen MR) is 78.3 cm³/mol. The minimum atomic E-state index is -1.04. The second-order valence-electron chi connectivity index (χ2n) is 5.69. The van der Waals surface area contributed by atoms with E-state index in [-0.39, 0.29) is 12.4 Å². The van der Waals surface area contributed by atoms with E-state index in [4.69, 9.17) is 14.6 Å². The zero-order chi connectivity index (χ0) is 14.8. The van der Waals surface area contributed by atoms with E-state index in [9.17, 15) is 4.79 Å². The summed E-state index contributed by atoms with van der Waals surface area (Å²) in [7, 11) is 0. The van der Waals surface area contributed by atoms with Gasteiger partial charge in [0.25, 0.3) is 0 Å². The molecule has 2 aromatic rings. The molecule has 1 aromatic carbocycles. The van der Waals surface area contributed by atoms with Gasteiger partial charge in [-0.2, -0.15) is 0 Å². The van der Waals surface area contributed by atoms with Crippen molar-refractivity contribution < 1.29 is 19.4 Å². The third kappa shape index (κ3) is 3.09. The first-order valence-electron chi connectivity index (χ1n) is 7.24. The fourth-order valence-electron chi connectivity index (χ4n) is 3.03. The lowest BCUT2D eigenvalue weighted by Crippen LogP contribution is -2.20. The Kier molecular flexibility index (Phi) is 3.94. The van der Waals surface area contributed by atoms with Crippen LogP contribution in [0.3, 0.4) is 0 Å². The topological polar surface area (TPSA) is 73.9 Å². The highest BCUT2D eigenvalue weighted by Crippen LogP contribution is 2.24. The number of carboxylic acid groups (broad SMARTS) is 1. The third-order valence-corrected chi connectivity index (χ3v) is 4.10. The summed E-state index contributed by atoms with van der Waals surface area (Å²) in [6, 6.07) is 7.37. The number of fused-ring (bicyclic) bond motifs is 1. The van der Waals surface area contributed by atoms with Crippen molar-refractivity contribution in [2.75, 3.05) is 19.7 Å². The summed E-state index contributed by atoms with van der Waals surface area (Å²) in [4.78, 5) is 13.3. The second kappa shape index (κ2) is 5.87. The summed E-state index contributed by atoms with van der Waals surface area (Å²) in [5.74, 6) is -0.475. The van der Waals surface area contributed by atoms with Crippen molar-refractivity contribution in [2.45, 2.75) is 19.4 Å². The van der Waals surface area contributed by atoms with Gasteiger partial charge in [-0.05, 0) is 49.1 Å². The van der Waals surface area contributed by atoms with E-state index in [1.54, 1.807) is 6.07 Å². The van der Waals surface area contributed by atoms with Crippen LogP contribution in [0.1, 0.15) is 29.0 Å². The maximum Gasteiger partial charge on any atom is 0.371 e. The molecule has 0 spiro atoms. The van der Waals surface area contributed by atoms with Gasteiger partial charge in [0.05, 0.1) is 0 Å². The molecule has 1 saturated heterocycles. The minimum Gasteiger partial charge on any atom is -0.475 e. The maximum atomic E-state index is 10.9. The Hall–Kier alpha value is -1.85. The zero-order valence-electron chi connectivity index (χ0n) is 11.8. The molecule has 3 rings (SSSR count). The lowest BCUT2D eigenvalue weighted by molar-refractivity contribution is 0.0665. The van der Waals surface area contributed by atoms with Gasteiger partial charge in [0, 0.05) is 25.1 Å². The van der Waals surface area contributed by atoms with Crippen molar-refractivity contribution in [3.8, 4) is 0 Å². The Morgan fingerprint density at radius 2 is 2.24 bits per heavy atom. The molecule has 5 heteroatoms. The molecule has 0 radical (unpaired) electrons. The Balaban J connectivity index is 1.71. The summed E-state index contributed by atoms with van der Waals surface area (Å²) >= 11 is 0. The molecule has 1 aromatic heterocycles. The first-order valence-corrected chi connectivity index (χ1v) is 7.24. The Morgan fingerprint density at radius 3 is 3.00 bits per heavy atom. The zero-order valence-corrected chi connectivity index (χ0v) is 11.8. The number of benzene rings is 1. The van der Waals surface area contributed by atoms with Crippen LogP contribution in [0.25, 0.3) is 11.0 Å². The summed E-state index contributed by atoms with van der Waals surface area (Å²) in [6.45, 7) is 3.18. The van der Waals surface area contributed by atoms with E-state index in [1.807, 2.05) is 18.2 Å². The number of hydrogen-bond acceptors (Lipinski definition) is 4. The van der Waals surface area contributed by atoms with Gasteiger partial charge in [0.2, 0.25) is 5.76 Å². The van der Waals surface area contributed by atoms with Crippen LogP contribution >= 0.6 is 0 Å². The van der Waals surface area contributed by atoms with E-state index in [1.165, 1.54) is 0 Å². The van der Waals surface area contributed by atoms with Crippen LogP contribution in [0.2, 0.25) is 0 Å². The largest absolute Gasteiger partial charge is 0.475 e. The molecule has 1 unspecified atom stereocenters. The number of carboxylic acids is 1. The monoisotopic (exact) mass is 289 g/mol. The molecule has 0 amide bonds. The van der Waals surface area contributed by atoms with Gasteiger partial charge < -0.3 is 14.6 Å². The minimum absolute atomic E-state index is 0.0219. The number of carbonyl (C=O) groups is 1. The molecule has 5 nitrogen and oxygen atoms in total. The van der Waals surface area contributed by atoms with Gasteiger partial charge in [0.1, 0.15) is 5.58 Å². The molecule has 1 atom stereocenters. The molecule has 1 aliphatic rings. The van der Waals surface area contributed by atoms with Crippen molar-refractivity contribution in [3.05, 3.63) is 35.6 Å². The van der Waals surface area contributed by atoms with Gasteiger partial charge in [-0.15, -0.1) is 0 Å². The van der Waals surface area contributed by atoms with Crippen molar-refractivity contribution in [1.29, 1.82) is 0 Å².